The van der Waals surface area contributed by atoms with Crippen molar-refractivity contribution in [1.29, 1.82) is 0 Å². The number of aliphatic imine (C=N–C) groups is 1. The molecule has 0 unspecified atom stereocenters. The second kappa shape index (κ2) is 13.5. The van der Waals surface area contributed by atoms with E-state index in [1.54, 1.807) is 6.26 Å². The number of hydrogen-bond donors (Lipinski definition) is 2. The first kappa shape index (κ1) is 23.4. The molecule has 150 valence electrons. The van der Waals surface area contributed by atoms with Gasteiger partial charge in [-0.3, -0.25) is 4.99 Å². The van der Waals surface area contributed by atoms with Crippen molar-refractivity contribution in [2.45, 2.75) is 33.6 Å². The van der Waals surface area contributed by atoms with Crippen molar-refractivity contribution in [3.63, 3.8) is 0 Å². The Morgan fingerprint density at radius 3 is 2.67 bits per heavy atom. The molecule has 0 saturated heterocycles. The van der Waals surface area contributed by atoms with E-state index < -0.39 is 0 Å². The molecule has 6 nitrogen and oxygen atoms in total. The highest BCUT2D eigenvalue weighted by atomic mass is 127. The number of nitrogens with one attached hydrogen (secondary N) is 2. The number of nitrogens with zero attached hydrogens (tertiary/aromatic N) is 2. The van der Waals surface area contributed by atoms with Crippen LogP contribution < -0.4 is 10.6 Å². The first-order chi connectivity index (χ1) is 12.7. The molecule has 0 atom stereocenters. The number of benzene rings is 1. The van der Waals surface area contributed by atoms with E-state index >= 15 is 0 Å². The van der Waals surface area contributed by atoms with E-state index in [4.69, 9.17) is 9.15 Å². The second-order valence-electron chi connectivity index (χ2n) is 6.00. The third-order valence-electron chi connectivity index (χ3n) is 3.79. The van der Waals surface area contributed by atoms with Crippen molar-refractivity contribution in [3.05, 3.63) is 41.8 Å². The summed E-state index contributed by atoms with van der Waals surface area (Å²) in [5.74, 6) is 1.49. The summed E-state index contributed by atoms with van der Waals surface area (Å²) in [6.45, 7) is 9.96. The number of aromatic nitrogens is 1. The Bertz CT molecular complexity index is 671. The van der Waals surface area contributed by atoms with Gasteiger partial charge in [-0.25, -0.2) is 4.98 Å². The van der Waals surface area contributed by atoms with E-state index in [2.05, 4.69) is 46.6 Å². The first-order valence-electron chi connectivity index (χ1n) is 9.34. The molecule has 0 radical (unpaired) electrons. The van der Waals surface area contributed by atoms with Crippen molar-refractivity contribution in [2.24, 2.45) is 4.99 Å². The summed E-state index contributed by atoms with van der Waals surface area (Å²) in [4.78, 5) is 9.11. The zero-order valence-electron chi connectivity index (χ0n) is 16.5. The van der Waals surface area contributed by atoms with Gasteiger partial charge in [0.05, 0.1) is 5.69 Å². The number of rotatable bonds is 10. The average molecular weight is 486 g/mol. The molecule has 1 aromatic carbocycles. The van der Waals surface area contributed by atoms with Gasteiger partial charge >= 0.3 is 0 Å². The molecular weight excluding hydrogens is 455 g/mol. The molecule has 1 heterocycles. The average Bonchev–Trinajstić information content (AvgIpc) is 3.11. The summed E-state index contributed by atoms with van der Waals surface area (Å²) in [5.41, 5.74) is 3.15. The van der Waals surface area contributed by atoms with Crippen LogP contribution in [-0.2, 0) is 11.2 Å². The van der Waals surface area contributed by atoms with Gasteiger partial charge in [-0.15, -0.1) is 24.0 Å². The van der Waals surface area contributed by atoms with Crippen molar-refractivity contribution in [1.82, 2.24) is 15.6 Å². The molecule has 2 aromatic rings. The Hall–Kier alpha value is -1.61. The van der Waals surface area contributed by atoms with Gasteiger partial charge in [0, 0.05) is 44.8 Å². The van der Waals surface area contributed by atoms with E-state index in [1.165, 1.54) is 5.56 Å². The van der Waals surface area contributed by atoms with Gasteiger partial charge in [0.25, 0.3) is 0 Å². The Labute approximate surface area is 179 Å². The molecule has 2 N–H and O–H groups in total. The van der Waals surface area contributed by atoms with E-state index in [9.17, 15) is 0 Å². The van der Waals surface area contributed by atoms with E-state index in [1.807, 2.05) is 19.1 Å². The molecule has 0 aliphatic rings. The minimum atomic E-state index is 0. The van der Waals surface area contributed by atoms with Crippen LogP contribution in [-0.4, -0.2) is 43.8 Å². The van der Waals surface area contributed by atoms with Crippen molar-refractivity contribution < 1.29 is 9.15 Å². The van der Waals surface area contributed by atoms with Crippen molar-refractivity contribution >= 4 is 29.9 Å². The fourth-order valence-corrected chi connectivity index (χ4v) is 2.40. The lowest BCUT2D eigenvalue weighted by Crippen LogP contribution is -2.38. The molecule has 1 aromatic heterocycles. The molecule has 0 bridgehead atoms. The lowest BCUT2D eigenvalue weighted by Gasteiger charge is -2.10. The van der Waals surface area contributed by atoms with Crippen LogP contribution in [0.1, 0.15) is 31.5 Å². The highest BCUT2D eigenvalue weighted by Crippen LogP contribution is 2.19. The molecule has 7 heteroatoms. The van der Waals surface area contributed by atoms with Gasteiger partial charge in [0.2, 0.25) is 5.89 Å². The quantitative estimate of drug-likeness (QED) is 0.232. The Balaban J connectivity index is 0.00000364. The van der Waals surface area contributed by atoms with Crippen LogP contribution in [0, 0.1) is 6.92 Å². The fourth-order valence-electron chi connectivity index (χ4n) is 2.40. The minimum absolute atomic E-state index is 0. The van der Waals surface area contributed by atoms with Crippen LogP contribution in [0.15, 0.2) is 39.9 Å². The standard InChI is InChI=1S/C20H30N4O2.HI/c1-4-21-20(22-12-6-14-25-5-2)23-13-11-18-15-26-19(24-18)17-9-7-16(3)8-10-17;/h7-10,15H,4-6,11-14H2,1-3H3,(H2,21,22,23);1H. The predicted molar refractivity (Wildman–Crippen MR) is 121 cm³/mol. The van der Waals surface area contributed by atoms with Crippen LogP contribution >= 0.6 is 24.0 Å². The SMILES string of the molecule is CCNC(=NCCCOCC)NCCc1coc(-c2ccc(C)cc2)n1.I. The van der Waals surface area contributed by atoms with Crippen molar-refractivity contribution in [3.8, 4) is 11.5 Å². The molecule has 0 saturated carbocycles. The fraction of sp³-hybridized carbons (Fsp3) is 0.500. The lowest BCUT2D eigenvalue weighted by molar-refractivity contribution is 0.146. The summed E-state index contributed by atoms with van der Waals surface area (Å²) in [6.07, 6.45) is 3.43. The second-order valence-corrected chi connectivity index (χ2v) is 6.00. The van der Waals surface area contributed by atoms with Gasteiger partial charge in [-0.05, 0) is 39.3 Å². The normalized spacial score (nSPS) is 11.1. The zero-order valence-corrected chi connectivity index (χ0v) is 18.8. The Morgan fingerprint density at radius 2 is 1.96 bits per heavy atom. The molecule has 0 amide bonds. The largest absolute Gasteiger partial charge is 0.444 e. The van der Waals surface area contributed by atoms with Gasteiger partial charge in [0.1, 0.15) is 6.26 Å². The summed E-state index contributed by atoms with van der Waals surface area (Å²) in [5, 5.41) is 6.58. The van der Waals surface area contributed by atoms with Crippen LogP contribution in [0.2, 0.25) is 0 Å². The topological polar surface area (TPSA) is 71.7 Å². The molecule has 0 aliphatic carbocycles. The number of hydrogen-bond acceptors (Lipinski definition) is 4. The van der Waals surface area contributed by atoms with E-state index in [-0.39, 0.29) is 24.0 Å². The highest BCUT2D eigenvalue weighted by molar-refractivity contribution is 14.0. The summed E-state index contributed by atoms with van der Waals surface area (Å²) in [7, 11) is 0. The third-order valence-corrected chi connectivity index (χ3v) is 3.79. The minimum Gasteiger partial charge on any atom is -0.444 e. The van der Waals surface area contributed by atoms with Crippen LogP contribution in [0.5, 0.6) is 0 Å². The Morgan fingerprint density at radius 1 is 1.19 bits per heavy atom. The monoisotopic (exact) mass is 486 g/mol. The molecule has 0 spiro atoms. The number of guanidine groups is 1. The molecule has 27 heavy (non-hydrogen) atoms. The van der Waals surface area contributed by atoms with E-state index in [0.29, 0.717) is 5.89 Å². The number of halogens is 1. The van der Waals surface area contributed by atoms with Crippen molar-refractivity contribution in [2.75, 3.05) is 32.8 Å². The van der Waals surface area contributed by atoms with Gasteiger partial charge in [0.15, 0.2) is 5.96 Å². The maximum absolute atomic E-state index is 5.60. The zero-order chi connectivity index (χ0) is 18.6. The van der Waals surface area contributed by atoms with Gasteiger partial charge in [-0.1, -0.05) is 17.7 Å². The Kier molecular flexibility index (Phi) is 11.8. The molecular formula is C20H31IN4O2. The van der Waals surface area contributed by atoms with Crippen LogP contribution in [0.25, 0.3) is 11.5 Å². The summed E-state index contributed by atoms with van der Waals surface area (Å²) >= 11 is 0. The smallest absolute Gasteiger partial charge is 0.226 e. The first-order valence-corrected chi connectivity index (χ1v) is 9.34. The lowest BCUT2D eigenvalue weighted by atomic mass is 10.1. The van der Waals surface area contributed by atoms with Gasteiger partial charge in [-0.2, -0.15) is 0 Å². The maximum atomic E-state index is 5.60. The van der Waals surface area contributed by atoms with Gasteiger partial charge < -0.3 is 19.8 Å². The van der Waals surface area contributed by atoms with E-state index in [0.717, 1.165) is 62.9 Å². The number of oxazole rings is 1. The molecule has 0 fully saturated rings. The predicted octanol–water partition coefficient (Wildman–Crippen LogP) is 3.79. The molecule has 0 aliphatic heterocycles. The number of aryl methyl sites for hydroxylation is 1. The highest BCUT2D eigenvalue weighted by Gasteiger charge is 2.06. The number of ether oxygens (including phenoxy) is 1. The van der Waals surface area contributed by atoms with Crippen LogP contribution in [0.3, 0.4) is 0 Å². The molecule has 2 rings (SSSR count). The summed E-state index contributed by atoms with van der Waals surface area (Å²) < 4.78 is 10.9. The summed E-state index contributed by atoms with van der Waals surface area (Å²) in [6, 6.07) is 8.18. The van der Waals surface area contributed by atoms with Crippen LogP contribution in [0.4, 0.5) is 0 Å². The third kappa shape index (κ3) is 8.75. The maximum Gasteiger partial charge on any atom is 0.226 e.